The molecule has 0 fully saturated rings. The minimum Gasteiger partial charge on any atom is -0.506 e. The fourth-order valence-electron chi connectivity index (χ4n) is 2.93. The first-order chi connectivity index (χ1) is 13.6. The lowest BCUT2D eigenvalue weighted by Crippen LogP contribution is -2.13. The zero-order valence-corrected chi connectivity index (χ0v) is 15.3. The fraction of sp³-hybridized carbons (Fsp3) is 0.0909. The van der Waals surface area contributed by atoms with Gasteiger partial charge < -0.3 is 19.6 Å². The van der Waals surface area contributed by atoms with Crippen LogP contribution in [0, 0.1) is 6.92 Å². The molecule has 0 spiro atoms. The number of carbonyl (C=O) groups is 1. The van der Waals surface area contributed by atoms with Crippen LogP contribution in [-0.2, 0) is 6.61 Å². The van der Waals surface area contributed by atoms with E-state index in [1.807, 2.05) is 35.9 Å². The highest BCUT2D eigenvalue weighted by atomic mass is 16.5. The molecule has 6 nitrogen and oxygen atoms in total. The van der Waals surface area contributed by atoms with E-state index in [-0.39, 0.29) is 18.3 Å². The quantitative estimate of drug-likeness (QED) is 0.515. The van der Waals surface area contributed by atoms with Gasteiger partial charge in [-0.25, -0.2) is 4.98 Å². The van der Waals surface area contributed by atoms with Gasteiger partial charge in [0, 0.05) is 12.4 Å². The third-order valence-electron chi connectivity index (χ3n) is 4.31. The number of ether oxygens (including phenoxy) is 1. The first kappa shape index (κ1) is 17.6. The molecule has 0 aliphatic carbocycles. The molecule has 0 saturated carbocycles. The van der Waals surface area contributed by atoms with Crippen LogP contribution in [-0.4, -0.2) is 20.4 Å². The molecule has 0 atom stereocenters. The maximum absolute atomic E-state index is 12.7. The normalized spacial score (nSPS) is 10.8. The van der Waals surface area contributed by atoms with Crippen molar-refractivity contribution in [3.63, 3.8) is 0 Å². The van der Waals surface area contributed by atoms with E-state index in [9.17, 15) is 9.90 Å². The van der Waals surface area contributed by atoms with Gasteiger partial charge in [0.25, 0.3) is 5.91 Å². The number of aryl methyl sites for hydroxylation is 1. The molecule has 28 heavy (non-hydrogen) atoms. The van der Waals surface area contributed by atoms with Crippen LogP contribution in [0.2, 0.25) is 0 Å². The smallest absolute Gasteiger partial charge is 0.259 e. The number of aromatic hydroxyl groups is 1. The Morgan fingerprint density at radius 3 is 2.71 bits per heavy atom. The van der Waals surface area contributed by atoms with Gasteiger partial charge in [0.2, 0.25) is 0 Å². The van der Waals surface area contributed by atoms with Crippen LogP contribution in [0.1, 0.15) is 21.6 Å². The van der Waals surface area contributed by atoms with Crippen molar-refractivity contribution in [2.45, 2.75) is 13.5 Å². The van der Waals surface area contributed by atoms with Gasteiger partial charge in [0.1, 0.15) is 23.8 Å². The van der Waals surface area contributed by atoms with Crippen LogP contribution in [0.3, 0.4) is 0 Å². The molecule has 1 amide bonds. The molecule has 140 valence electrons. The van der Waals surface area contributed by atoms with E-state index in [2.05, 4.69) is 10.3 Å². The van der Waals surface area contributed by atoms with Gasteiger partial charge in [-0.05, 0) is 42.8 Å². The van der Waals surface area contributed by atoms with Crippen molar-refractivity contribution < 1.29 is 14.6 Å². The van der Waals surface area contributed by atoms with Crippen LogP contribution in [0.15, 0.2) is 73.1 Å². The van der Waals surface area contributed by atoms with Gasteiger partial charge >= 0.3 is 0 Å². The maximum atomic E-state index is 12.7. The number of nitrogens with zero attached hydrogens (tertiary/aromatic N) is 2. The van der Waals surface area contributed by atoms with Crippen molar-refractivity contribution in [1.29, 1.82) is 0 Å². The second-order valence-corrected chi connectivity index (χ2v) is 6.46. The lowest BCUT2D eigenvalue weighted by molar-refractivity contribution is 0.102. The number of phenolic OH excluding ortho intramolecular Hbond substituents is 1. The molecular weight excluding hydrogens is 354 g/mol. The van der Waals surface area contributed by atoms with Gasteiger partial charge in [-0.2, -0.15) is 0 Å². The van der Waals surface area contributed by atoms with Gasteiger partial charge in [-0.1, -0.05) is 30.3 Å². The Labute approximate surface area is 162 Å². The van der Waals surface area contributed by atoms with Crippen LogP contribution in [0.25, 0.3) is 5.65 Å². The summed E-state index contributed by atoms with van der Waals surface area (Å²) in [6, 6.07) is 17.5. The highest BCUT2D eigenvalue weighted by molar-refractivity contribution is 6.06. The Kier molecular flexibility index (Phi) is 4.68. The summed E-state index contributed by atoms with van der Waals surface area (Å²) in [6.45, 7) is 2.26. The molecule has 0 bridgehead atoms. The number of imidazole rings is 1. The molecule has 2 heterocycles. The third kappa shape index (κ3) is 3.66. The highest BCUT2D eigenvalue weighted by Gasteiger charge is 2.14. The number of nitrogens with one attached hydrogen (secondary N) is 1. The number of hydrogen-bond acceptors (Lipinski definition) is 4. The van der Waals surface area contributed by atoms with Crippen molar-refractivity contribution in [3.8, 4) is 11.5 Å². The predicted molar refractivity (Wildman–Crippen MR) is 107 cm³/mol. The minimum absolute atomic E-state index is 0.00856. The summed E-state index contributed by atoms with van der Waals surface area (Å²) in [6.07, 6.45) is 3.91. The molecule has 4 rings (SSSR count). The molecule has 0 saturated heterocycles. The van der Waals surface area contributed by atoms with Crippen molar-refractivity contribution in [2.24, 2.45) is 0 Å². The lowest BCUT2D eigenvalue weighted by Gasteiger charge is -2.11. The lowest BCUT2D eigenvalue weighted by atomic mass is 10.1. The maximum Gasteiger partial charge on any atom is 0.259 e. The highest BCUT2D eigenvalue weighted by Crippen LogP contribution is 2.25. The molecule has 4 aromatic rings. The number of aromatic nitrogens is 2. The summed E-state index contributed by atoms with van der Waals surface area (Å²) in [4.78, 5) is 17.2. The first-order valence-corrected chi connectivity index (χ1v) is 8.85. The molecule has 0 aliphatic heterocycles. The Morgan fingerprint density at radius 1 is 1.07 bits per heavy atom. The van der Waals surface area contributed by atoms with Crippen LogP contribution >= 0.6 is 0 Å². The Morgan fingerprint density at radius 2 is 1.86 bits per heavy atom. The SMILES string of the molecule is Cc1ccc2nc(COc3ccccc3C(=O)Nc3ccccc3O)cn2c1. The average Bonchev–Trinajstić information content (AvgIpc) is 3.10. The minimum atomic E-state index is -0.359. The van der Waals surface area contributed by atoms with Crippen LogP contribution < -0.4 is 10.1 Å². The van der Waals surface area contributed by atoms with E-state index in [0.29, 0.717) is 17.0 Å². The number of para-hydroxylation sites is 3. The van der Waals surface area contributed by atoms with E-state index in [0.717, 1.165) is 16.9 Å². The molecule has 0 radical (unpaired) electrons. The summed E-state index contributed by atoms with van der Waals surface area (Å²) < 4.78 is 7.82. The van der Waals surface area contributed by atoms with E-state index >= 15 is 0 Å². The molecule has 6 heteroatoms. The molecule has 2 aromatic carbocycles. The second-order valence-electron chi connectivity index (χ2n) is 6.46. The van der Waals surface area contributed by atoms with Crippen molar-refractivity contribution >= 4 is 17.2 Å². The van der Waals surface area contributed by atoms with Crippen LogP contribution in [0.4, 0.5) is 5.69 Å². The zero-order chi connectivity index (χ0) is 19.5. The summed E-state index contributed by atoms with van der Waals surface area (Å²) >= 11 is 0. The Hall–Kier alpha value is -3.80. The van der Waals surface area contributed by atoms with E-state index in [1.54, 1.807) is 42.5 Å². The number of anilines is 1. The Balaban J connectivity index is 1.52. The molecule has 2 aromatic heterocycles. The monoisotopic (exact) mass is 373 g/mol. The largest absolute Gasteiger partial charge is 0.506 e. The van der Waals surface area contributed by atoms with Crippen molar-refractivity contribution in [1.82, 2.24) is 9.38 Å². The summed E-state index contributed by atoms with van der Waals surface area (Å²) in [5.74, 6) is 0.0978. The van der Waals surface area contributed by atoms with Gasteiger partial charge in [0.05, 0.1) is 16.9 Å². The number of carbonyl (C=O) groups excluding carboxylic acids is 1. The Bertz CT molecular complexity index is 1150. The standard InChI is InChI=1S/C22H19N3O3/c1-15-10-11-21-23-16(13-25(21)12-15)14-28-20-9-5-2-6-17(20)22(27)24-18-7-3-4-8-19(18)26/h2-13,26H,14H2,1H3,(H,24,27). The number of phenols is 1. The summed E-state index contributed by atoms with van der Waals surface area (Å²) in [5, 5.41) is 12.6. The fourth-order valence-corrected chi connectivity index (χ4v) is 2.93. The van der Waals surface area contributed by atoms with Crippen molar-refractivity contribution in [2.75, 3.05) is 5.32 Å². The van der Waals surface area contributed by atoms with Gasteiger partial charge in [-0.15, -0.1) is 0 Å². The van der Waals surface area contributed by atoms with E-state index in [1.165, 1.54) is 6.07 Å². The summed E-state index contributed by atoms with van der Waals surface area (Å²) in [5.41, 5.74) is 3.48. The third-order valence-corrected chi connectivity index (χ3v) is 4.31. The van der Waals surface area contributed by atoms with Crippen LogP contribution in [0.5, 0.6) is 11.5 Å². The average molecular weight is 373 g/mol. The summed E-state index contributed by atoms with van der Waals surface area (Å²) in [7, 11) is 0. The molecule has 0 aliphatic rings. The first-order valence-electron chi connectivity index (χ1n) is 8.85. The number of amides is 1. The molecule has 2 N–H and O–H groups in total. The zero-order valence-electron chi connectivity index (χ0n) is 15.3. The number of fused-ring (bicyclic) bond motifs is 1. The topological polar surface area (TPSA) is 75.9 Å². The van der Waals surface area contributed by atoms with Gasteiger partial charge in [0.15, 0.2) is 0 Å². The number of hydrogen-bond donors (Lipinski definition) is 2. The number of pyridine rings is 1. The second kappa shape index (κ2) is 7.44. The number of benzene rings is 2. The molecule has 0 unspecified atom stereocenters. The van der Waals surface area contributed by atoms with E-state index < -0.39 is 0 Å². The predicted octanol–water partition coefficient (Wildman–Crippen LogP) is 4.18. The number of rotatable bonds is 5. The van der Waals surface area contributed by atoms with Crippen molar-refractivity contribution in [3.05, 3.63) is 89.9 Å². The molecular formula is C22H19N3O3. The van der Waals surface area contributed by atoms with Gasteiger partial charge in [-0.3, -0.25) is 4.79 Å². The van der Waals surface area contributed by atoms with E-state index in [4.69, 9.17) is 4.74 Å².